The topological polar surface area (TPSA) is 42.3 Å². The van der Waals surface area contributed by atoms with Crippen molar-refractivity contribution in [1.29, 1.82) is 0 Å². The number of rotatable bonds is 6. The molecular formula is C18H23F3N4O. The van der Waals surface area contributed by atoms with Gasteiger partial charge in [-0.1, -0.05) is 12.1 Å². The van der Waals surface area contributed by atoms with Crippen molar-refractivity contribution in [3.63, 3.8) is 0 Å². The van der Waals surface area contributed by atoms with Crippen LogP contribution in [0.5, 0.6) is 0 Å². The molecule has 0 spiro atoms. The lowest BCUT2D eigenvalue weighted by molar-refractivity contribution is -0.137. The van der Waals surface area contributed by atoms with E-state index in [-0.39, 0.29) is 12.6 Å². The van der Waals surface area contributed by atoms with Gasteiger partial charge in [0.05, 0.1) is 36.6 Å². The molecule has 1 aromatic carbocycles. The van der Waals surface area contributed by atoms with Crippen LogP contribution in [-0.2, 0) is 30.5 Å². The third kappa shape index (κ3) is 4.25. The highest BCUT2D eigenvalue weighted by Gasteiger charge is 2.31. The fourth-order valence-corrected chi connectivity index (χ4v) is 3.18. The summed E-state index contributed by atoms with van der Waals surface area (Å²) in [5.41, 5.74) is 2.11. The Kier molecular flexibility index (Phi) is 5.64. The number of benzene rings is 1. The Morgan fingerprint density at radius 2 is 2.12 bits per heavy atom. The van der Waals surface area contributed by atoms with Gasteiger partial charge in [0, 0.05) is 32.3 Å². The Balaban J connectivity index is 1.75. The number of hydrogen-bond donors (Lipinski definition) is 1. The lowest BCUT2D eigenvalue weighted by Gasteiger charge is -2.25. The van der Waals surface area contributed by atoms with E-state index in [2.05, 4.69) is 22.4 Å². The minimum Gasteiger partial charge on any atom is -0.383 e. The summed E-state index contributed by atoms with van der Waals surface area (Å²) >= 11 is 0. The zero-order chi connectivity index (χ0) is 18.7. The van der Waals surface area contributed by atoms with E-state index >= 15 is 0 Å². The van der Waals surface area contributed by atoms with Gasteiger partial charge in [0.15, 0.2) is 0 Å². The molecule has 0 radical (unpaired) electrons. The minimum absolute atomic E-state index is 0.282. The van der Waals surface area contributed by atoms with Gasteiger partial charge in [0.2, 0.25) is 0 Å². The van der Waals surface area contributed by atoms with Crippen LogP contribution in [0.1, 0.15) is 28.4 Å². The van der Waals surface area contributed by atoms with Gasteiger partial charge < -0.3 is 10.1 Å². The molecule has 2 aromatic rings. The molecular weight excluding hydrogens is 345 g/mol. The third-order valence-corrected chi connectivity index (χ3v) is 4.64. The largest absolute Gasteiger partial charge is 0.416 e. The van der Waals surface area contributed by atoms with E-state index in [1.54, 1.807) is 13.2 Å². The smallest absolute Gasteiger partial charge is 0.383 e. The van der Waals surface area contributed by atoms with Gasteiger partial charge >= 0.3 is 6.18 Å². The lowest BCUT2D eigenvalue weighted by Crippen LogP contribution is -2.32. The van der Waals surface area contributed by atoms with Crippen LogP contribution in [0.15, 0.2) is 30.5 Å². The van der Waals surface area contributed by atoms with Crippen LogP contribution in [0.3, 0.4) is 0 Å². The maximum absolute atomic E-state index is 13.0. The first-order valence-corrected chi connectivity index (χ1v) is 8.50. The Bertz CT molecular complexity index is 744. The molecule has 1 atom stereocenters. The van der Waals surface area contributed by atoms with Crippen molar-refractivity contribution < 1.29 is 17.9 Å². The molecule has 26 heavy (non-hydrogen) atoms. The van der Waals surface area contributed by atoms with E-state index in [1.807, 2.05) is 10.9 Å². The van der Waals surface area contributed by atoms with Crippen molar-refractivity contribution in [2.75, 3.05) is 27.3 Å². The first-order valence-electron chi connectivity index (χ1n) is 8.50. The summed E-state index contributed by atoms with van der Waals surface area (Å²) < 4.78 is 46.2. The van der Waals surface area contributed by atoms with E-state index in [0.29, 0.717) is 12.1 Å². The summed E-state index contributed by atoms with van der Waals surface area (Å²) in [6.45, 7) is 3.42. The van der Waals surface area contributed by atoms with Crippen molar-refractivity contribution in [2.45, 2.75) is 31.9 Å². The summed E-state index contributed by atoms with van der Waals surface area (Å²) in [6.07, 6.45) is -2.53. The second-order valence-corrected chi connectivity index (χ2v) is 6.59. The molecule has 142 valence electrons. The fourth-order valence-electron chi connectivity index (χ4n) is 3.18. The molecule has 1 aromatic heterocycles. The first-order chi connectivity index (χ1) is 12.4. The highest BCUT2D eigenvalue weighted by molar-refractivity contribution is 5.28. The summed E-state index contributed by atoms with van der Waals surface area (Å²) in [5, 5.41) is 7.72. The van der Waals surface area contributed by atoms with Crippen molar-refractivity contribution in [1.82, 2.24) is 20.0 Å². The Morgan fingerprint density at radius 3 is 2.85 bits per heavy atom. The molecule has 0 fully saturated rings. The van der Waals surface area contributed by atoms with Crippen LogP contribution < -0.4 is 5.32 Å². The van der Waals surface area contributed by atoms with Crippen LogP contribution in [-0.4, -0.2) is 42.0 Å². The second kappa shape index (κ2) is 7.77. The van der Waals surface area contributed by atoms with E-state index in [9.17, 15) is 13.2 Å². The molecule has 1 unspecified atom stereocenters. The number of fused-ring (bicyclic) bond motifs is 1. The molecule has 0 saturated heterocycles. The van der Waals surface area contributed by atoms with E-state index in [0.717, 1.165) is 37.0 Å². The molecule has 1 aliphatic heterocycles. The molecule has 3 rings (SSSR count). The summed E-state index contributed by atoms with van der Waals surface area (Å²) in [5.74, 6) is 0. The Hall–Kier alpha value is -1.90. The van der Waals surface area contributed by atoms with Gasteiger partial charge in [-0.3, -0.25) is 9.58 Å². The number of methoxy groups -OCH3 is 1. The average Bonchev–Trinajstić information content (AvgIpc) is 3.00. The molecule has 0 aliphatic carbocycles. The Morgan fingerprint density at radius 1 is 1.31 bits per heavy atom. The minimum atomic E-state index is -4.36. The zero-order valence-electron chi connectivity index (χ0n) is 14.9. The normalized spacial score (nSPS) is 16.5. The van der Waals surface area contributed by atoms with Gasteiger partial charge in [-0.05, 0) is 24.7 Å². The SMILES string of the molecule is COCC(NCc1cnn2c1CN(C)CC2)c1cccc(C(F)(F)F)c1. The van der Waals surface area contributed by atoms with Crippen molar-refractivity contribution in [3.05, 3.63) is 52.8 Å². The maximum Gasteiger partial charge on any atom is 0.416 e. The zero-order valence-corrected chi connectivity index (χ0v) is 14.9. The third-order valence-electron chi connectivity index (χ3n) is 4.64. The lowest BCUT2D eigenvalue weighted by atomic mass is 10.0. The van der Waals surface area contributed by atoms with E-state index < -0.39 is 11.7 Å². The number of hydrogen-bond acceptors (Lipinski definition) is 4. The molecule has 0 bridgehead atoms. The van der Waals surface area contributed by atoms with Crippen molar-refractivity contribution in [2.24, 2.45) is 0 Å². The van der Waals surface area contributed by atoms with Crippen LogP contribution >= 0.6 is 0 Å². The molecule has 1 N–H and O–H groups in total. The number of alkyl halides is 3. The number of nitrogens with zero attached hydrogens (tertiary/aromatic N) is 3. The number of likely N-dealkylation sites (N-methyl/N-ethyl adjacent to an activating group) is 1. The number of halogens is 3. The van der Waals surface area contributed by atoms with Gasteiger partial charge in [-0.15, -0.1) is 0 Å². The van der Waals surface area contributed by atoms with Crippen LogP contribution in [0.25, 0.3) is 0 Å². The van der Waals surface area contributed by atoms with Crippen molar-refractivity contribution in [3.8, 4) is 0 Å². The van der Waals surface area contributed by atoms with E-state index in [1.165, 1.54) is 12.1 Å². The quantitative estimate of drug-likeness (QED) is 0.852. The molecule has 0 amide bonds. The molecule has 0 saturated carbocycles. The number of ether oxygens (including phenoxy) is 1. The van der Waals surface area contributed by atoms with Crippen LogP contribution in [0.4, 0.5) is 13.2 Å². The number of nitrogens with one attached hydrogen (secondary N) is 1. The summed E-state index contributed by atoms with van der Waals surface area (Å²) in [4.78, 5) is 2.22. The van der Waals surface area contributed by atoms with Crippen LogP contribution in [0.2, 0.25) is 0 Å². The Labute approximate surface area is 150 Å². The monoisotopic (exact) mass is 368 g/mol. The second-order valence-electron chi connectivity index (χ2n) is 6.59. The van der Waals surface area contributed by atoms with Gasteiger partial charge in [-0.2, -0.15) is 18.3 Å². The summed E-state index contributed by atoms with van der Waals surface area (Å²) in [7, 11) is 3.60. The summed E-state index contributed by atoms with van der Waals surface area (Å²) in [6, 6.07) is 5.04. The maximum atomic E-state index is 13.0. The molecule has 2 heterocycles. The average molecular weight is 368 g/mol. The van der Waals surface area contributed by atoms with Crippen molar-refractivity contribution >= 4 is 0 Å². The molecule has 5 nitrogen and oxygen atoms in total. The van der Waals surface area contributed by atoms with Gasteiger partial charge in [0.1, 0.15) is 0 Å². The van der Waals surface area contributed by atoms with Gasteiger partial charge in [0.25, 0.3) is 0 Å². The highest BCUT2D eigenvalue weighted by Crippen LogP contribution is 2.31. The predicted octanol–water partition coefficient (Wildman–Crippen LogP) is 2.82. The predicted molar refractivity (Wildman–Crippen MR) is 91.5 cm³/mol. The molecule has 1 aliphatic rings. The highest BCUT2D eigenvalue weighted by atomic mass is 19.4. The number of aromatic nitrogens is 2. The van der Waals surface area contributed by atoms with Crippen LogP contribution in [0, 0.1) is 0 Å². The first kappa shape index (κ1) is 18.9. The standard InChI is InChI=1S/C18H23F3N4O/c1-24-6-7-25-17(11-24)14(10-23-25)9-22-16(12-26-2)13-4-3-5-15(8-13)18(19,20)21/h3-5,8,10,16,22H,6-7,9,11-12H2,1-2H3. The van der Waals surface area contributed by atoms with E-state index in [4.69, 9.17) is 4.74 Å². The molecule has 8 heteroatoms. The van der Waals surface area contributed by atoms with Gasteiger partial charge in [-0.25, -0.2) is 0 Å². The fraction of sp³-hybridized carbons (Fsp3) is 0.500.